The molecular formula is C15H18N2O4. The number of hydrogen-bond acceptors (Lipinski definition) is 4. The Kier molecular flexibility index (Phi) is 4.47. The number of aromatic nitrogens is 2. The lowest BCUT2D eigenvalue weighted by molar-refractivity contribution is 0.0690. The monoisotopic (exact) mass is 290 g/mol. The fraction of sp³-hybridized carbons (Fsp3) is 0.333. The van der Waals surface area contributed by atoms with E-state index in [4.69, 9.17) is 14.6 Å². The quantitative estimate of drug-likeness (QED) is 0.885. The highest BCUT2D eigenvalue weighted by Crippen LogP contribution is 2.26. The Labute approximate surface area is 122 Å². The van der Waals surface area contributed by atoms with Gasteiger partial charge in [-0.3, -0.25) is 0 Å². The van der Waals surface area contributed by atoms with E-state index >= 15 is 0 Å². The van der Waals surface area contributed by atoms with Crippen molar-refractivity contribution in [2.45, 2.75) is 26.5 Å². The van der Waals surface area contributed by atoms with Gasteiger partial charge in [0.25, 0.3) is 0 Å². The van der Waals surface area contributed by atoms with E-state index in [1.165, 1.54) is 6.20 Å². The van der Waals surface area contributed by atoms with Crippen molar-refractivity contribution in [2.24, 2.45) is 0 Å². The molecule has 1 aromatic carbocycles. The van der Waals surface area contributed by atoms with E-state index in [2.05, 4.69) is 4.98 Å². The normalized spacial score (nSPS) is 10.7. The van der Waals surface area contributed by atoms with Crippen LogP contribution in [-0.2, 0) is 6.61 Å². The highest BCUT2D eigenvalue weighted by molar-refractivity contribution is 5.85. The Morgan fingerprint density at radius 2 is 2.00 bits per heavy atom. The van der Waals surface area contributed by atoms with E-state index in [1.807, 2.05) is 26.0 Å². The smallest absolute Gasteiger partial charge is 0.356 e. The zero-order chi connectivity index (χ0) is 15.4. The fourth-order valence-electron chi connectivity index (χ4n) is 1.97. The van der Waals surface area contributed by atoms with Crippen molar-refractivity contribution in [1.82, 2.24) is 9.55 Å². The lowest BCUT2D eigenvalue weighted by atomic mass is 10.3. The number of nitrogens with zero attached hydrogens (tertiary/aromatic N) is 2. The lowest BCUT2D eigenvalue weighted by Gasteiger charge is -2.13. The zero-order valence-electron chi connectivity index (χ0n) is 12.2. The number of carboxylic acids is 1. The molecule has 0 aliphatic carbocycles. The first-order valence-electron chi connectivity index (χ1n) is 6.59. The molecule has 0 saturated carbocycles. The van der Waals surface area contributed by atoms with Gasteiger partial charge in [-0.05, 0) is 26.0 Å². The summed E-state index contributed by atoms with van der Waals surface area (Å²) in [6.45, 7) is 4.09. The summed E-state index contributed by atoms with van der Waals surface area (Å²) in [6, 6.07) is 7.38. The molecule has 0 amide bonds. The predicted octanol–water partition coefficient (Wildman–Crippen LogP) is 2.75. The Hall–Kier alpha value is -2.50. The summed E-state index contributed by atoms with van der Waals surface area (Å²) in [7, 11) is 1.57. The molecule has 0 radical (unpaired) electrons. The number of imidazole rings is 1. The molecule has 1 N–H and O–H groups in total. The highest BCUT2D eigenvalue weighted by Gasteiger charge is 2.16. The number of benzene rings is 1. The van der Waals surface area contributed by atoms with Crippen LogP contribution in [0.2, 0.25) is 0 Å². The van der Waals surface area contributed by atoms with E-state index in [0.717, 1.165) is 0 Å². The molecule has 2 rings (SSSR count). The maximum atomic E-state index is 11.0. The second-order valence-electron chi connectivity index (χ2n) is 4.79. The van der Waals surface area contributed by atoms with Gasteiger partial charge in [0.15, 0.2) is 17.2 Å². The van der Waals surface area contributed by atoms with Crippen molar-refractivity contribution in [1.29, 1.82) is 0 Å². The van der Waals surface area contributed by atoms with E-state index in [0.29, 0.717) is 17.3 Å². The van der Waals surface area contributed by atoms with E-state index in [-0.39, 0.29) is 18.3 Å². The van der Waals surface area contributed by atoms with Gasteiger partial charge in [-0.15, -0.1) is 0 Å². The number of ether oxygens (including phenoxy) is 2. The number of para-hydroxylation sites is 2. The molecule has 6 heteroatoms. The predicted molar refractivity (Wildman–Crippen MR) is 76.9 cm³/mol. The first-order chi connectivity index (χ1) is 10.0. The third-order valence-corrected chi connectivity index (χ3v) is 3.01. The Morgan fingerprint density at radius 1 is 1.33 bits per heavy atom. The van der Waals surface area contributed by atoms with Crippen molar-refractivity contribution in [3.05, 3.63) is 42.0 Å². The summed E-state index contributed by atoms with van der Waals surface area (Å²) in [6.07, 6.45) is 1.52. The number of aromatic carboxylic acids is 1. The second-order valence-corrected chi connectivity index (χ2v) is 4.79. The van der Waals surface area contributed by atoms with Gasteiger partial charge in [0.1, 0.15) is 12.4 Å². The van der Waals surface area contributed by atoms with Gasteiger partial charge in [-0.25, -0.2) is 9.78 Å². The molecule has 0 aliphatic rings. The third kappa shape index (κ3) is 3.34. The summed E-state index contributed by atoms with van der Waals surface area (Å²) in [5, 5.41) is 9.04. The standard InChI is InChI=1S/C15H18N2O4/c1-10(2)17-8-11(15(18)19)16-14(17)9-21-13-7-5-4-6-12(13)20-3/h4-8,10H,9H2,1-3H3,(H,18,19). The maximum absolute atomic E-state index is 11.0. The molecule has 112 valence electrons. The molecule has 0 aliphatic heterocycles. The van der Waals surface area contributed by atoms with Gasteiger partial charge in [-0.1, -0.05) is 12.1 Å². The van der Waals surface area contributed by atoms with Crippen LogP contribution in [0.1, 0.15) is 36.2 Å². The topological polar surface area (TPSA) is 73.6 Å². The van der Waals surface area contributed by atoms with E-state index < -0.39 is 5.97 Å². The van der Waals surface area contributed by atoms with Crippen LogP contribution in [0, 0.1) is 0 Å². The summed E-state index contributed by atoms with van der Waals surface area (Å²) >= 11 is 0. The summed E-state index contributed by atoms with van der Waals surface area (Å²) in [5.41, 5.74) is 0.0160. The van der Waals surface area contributed by atoms with Crippen LogP contribution >= 0.6 is 0 Å². The molecular weight excluding hydrogens is 272 g/mol. The molecule has 0 saturated heterocycles. The Balaban J connectivity index is 2.21. The molecule has 2 aromatic rings. The first-order valence-corrected chi connectivity index (χ1v) is 6.59. The Morgan fingerprint density at radius 3 is 2.57 bits per heavy atom. The maximum Gasteiger partial charge on any atom is 0.356 e. The lowest BCUT2D eigenvalue weighted by Crippen LogP contribution is -2.08. The number of carboxylic acid groups (broad SMARTS) is 1. The van der Waals surface area contributed by atoms with Gasteiger partial charge < -0.3 is 19.1 Å². The summed E-state index contributed by atoms with van der Waals surface area (Å²) in [5.74, 6) is 0.732. The minimum Gasteiger partial charge on any atom is -0.493 e. The SMILES string of the molecule is COc1ccccc1OCc1nc(C(=O)O)cn1C(C)C. The van der Waals surface area contributed by atoms with Crippen LogP contribution in [0.3, 0.4) is 0 Å². The van der Waals surface area contributed by atoms with Crippen molar-refractivity contribution >= 4 is 5.97 Å². The summed E-state index contributed by atoms with van der Waals surface area (Å²) in [4.78, 5) is 15.1. The molecule has 1 heterocycles. The molecule has 0 fully saturated rings. The zero-order valence-corrected chi connectivity index (χ0v) is 12.2. The second kappa shape index (κ2) is 6.30. The highest BCUT2D eigenvalue weighted by atomic mass is 16.5. The molecule has 0 atom stereocenters. The average molecular weight is 290 g/mol. The van der Waals surface area contributed by atoms with Crippen molar-refractivity contribution in [2.75, 3.05) is 7.11 Å². The summed E-state index contributed by atoms with van der Waals surface area (Å²) < 4.78 is 12.7. The number of carbonyl (C=O) groups is 1. The molecule has 1 aromatic heterocycles. The van der Waals surface area contributed by atoms with Crippen LogP contribution in [0.5, 0.6) is 11.5 Å². The third-order valence-electron chi connectivity index (χ3n) is 3.01. The average Bonchev–Trinajstić information content (AvgIpc) is 2.90. The van der Waals surface area contributed by atoms with Crippen LogP contribution in [0.15, 0.2) is 30.5 Å². The van der Waals surface area contributed by atoms with Gasteiger partial charge in [0.2, 0.25) is 0 Å². The van der Waals surface area contributed by atoms with Crippen LogP contribution in [-0.4, -0.2) is 27.7 Å². The van der Waals surface area contributed by atoms with Gasteiger partial charge in [0.05, 0.1) is 7.11 Å². The molecule has 21 heavy (non-hydrogen) atoms. The van der Waals surface area contributed by atoms with Crippen molar-refractivity contribution < 1.29 is 19.4 Å². The molecule has 0 spiro atoms. The minimum atomic E-state index is -1.05. The number of rotatable bonds is 6. The van der Waals surface area contributed by atoms with Crippen LogP contribution in [0.4, 0.5) is 0 Å². The van der Waals surface area contributed by atoms with E-state index in [1.54, 1.807) is 23.8 Å². The Bertz CT molecular complexity index is 634. The van der Waals surface area contributed by atoms with E-state index in [9.17, 15) is 4.79 Å². The number of methoxy groups -OCH3 is 1. The van der Waals surface area contributed by atoms with Crippen LogP contribution in [0.25, 0.3) is 0 Å². The van der Waals surface area contributed by atoms with Gasteiger partial charge in [-0.2, -0.15) is 0 Å². The molecule has 0 bridgehead atoms. The minimum absolute atomic E-state index is 0.0160. The van der Waals surface area contributed by atoms with Crippen LogP contribution < -0.4 is 9.47 Å². The fourth-order valence-corrected chi connectivity index (χ4v) is 1.97. The number of hydrogen-bond donors (Lipinski definition) is 1. The molecule has 0 unspecified atom stereocenters. The van der Waals surface area contributed by atoms with Gasteiger partial charge in [0, 0.05) is 12.2 Å². The largest absolute Gasteiger partial charge is 0.493 e. The van der Waals surface area contributed by atoms with Crippen molar-refractivity contribution in [3.63, 3.8) is 0 Å². The van der Waals surface area contributed by atoms with Crippen molar-refractivity contribution in [3.8, 4) is 11.5 Å². The molecule has 6 nitrogen and oxygen atoms in total. The first kappa shape index (κ1) is 14.9. The van der Waals surface area contributed by atoms with Gasteiger partial charge >= 0.3 is 5.97 Å².